The van der Waals surface area contributed by atoms with Crippen LogP contribution < -0.4 is 4.72 Å². The highest BCUT2D eigenvalue weighted by Crippen LogP contribution is 2.25. The molecule has 24 heavy (non-hydrogen) atoms. The van der Waals surface area contributed by atoms with E-state index in [4.69, 9.17) is 0 Å². The molecule has 1 aromatic rings. The van der Waals surface area contributed by atoms with Gasteiger partial charge in [0.15, 0.2) is 0 Å². The SMILES string of the molecule is Cc1c([N+](=O)[O-])cccc1S(=O)(=O)NC1CCN(S(C)(=O)=O)CC1. The second-order valence-electron chi connectivity index (χ2n) is 5.71. The van der Waals surface area contributed by atoms with Gasteiger partial charge in [-0.05, 0) is 25.8 Å². The summed E-state index contributed by atoms with van der Waals surface area (Å²) in [6, 6.07) is 3.48. The number of benzene rings is 1. The lowest BCUT2D eigenvalue weighted by atomic mass is 10.1. The normalized spacial score (nSPS) is 17.8. The molecule has 0 atom stereocenters. The first-order chi connectivity index (χ1) is 11.0. The lowest BCUT2D eigenvalue weighted by Crippen LogP contribution is -2.46. The minimum Gasteiger partial charge on any atom is -0.258 e. The van der Waals surface area contributed by atoms with Crippen LogP contribution in [0.3, 0.4) is 0 Å². The summed E-state index contributed by atoms with van der Waals surface area (Å²) >= 11 is 0. The van der Waals surface area contributed by atoms with E-state index in [-0.39, 0.29) is 29.2 Å². The Labute approximate surface area is 140 Å². The zero-order valence-electron chi connectivity index (χ0n) is 13.3. The molecule has 0 amide bonds. The number of nitro benzene ring substituents is 1. The molecule has 134 valence electrons. The van der Waals surface area contributed by atoms with Gasteiger partial charge in [-0.15, -0.1) is 0 Å². The van der Waals surface area contributed by atoms with Crippen molar-refractivity contribution in [2.24, 2.45) is 0 Å². The first-order valence-electron chi connectivity index (χ1n) is 7.24. The molecule has 0 aliphatic carbocycles. The highest BCUT2D eigenvalue weighted by molar-refractivity contribution is 7.89. The number of nitrogens with zero attached hydrogens (tertiary/aromatic N) is 2. The Morgan fingerprint density at radius 2 is 1.79 bits per heavy atom. The third-order valence-corrected chi connectivity index (χ3v) is 6.95. The van der Waals surface area contributed by atoms with Crippen LogP contribution in [-0.4, -0.2) is 51.5 Å². The molecule has 0 spiro atoms. The van der Waals surface area contributed by atoms with Gasteiger partial charge < -0.3 is 0 Å². The van der Waals surface area contributed by atoms with E-state index in [0.29, 0.717) is 12.8 Å². The standard InChI is InChI=1S/C13H19N3O6S2/c1-10-12(16(17)18)4-3-5-13(10)24(21,22)14-11-6-8-15(9-7-11)23(2,19)20/h3-5,11,14H,6-9H2,1-2H3. The van der Waals surface area contributed by atoms with Crippen LogP contribution in [0.4, 0.5) is 5.69 Å². The number of piperidine rings is 1. The van der Waals surface area contributed by atoms with Crippen LogP contribution in [0.25, 0.3) is 0 Å². The Bertz CT molecular complexity index is 842. The van der Waals surface area contributed by atoms with Crippen LogP contribution in [0.1, 0.15) is 18.4 Å². The Balaban J connectivity index is 2.16. The lowest BCUT2D eigenvalue weighted by Gasteiger charge is -2.30. The Morgan fingerprint density at radius 3 is 2.29 bits per heavy atom. The van der Waals surface area contributed by atoms with Crippen LogP contribution in [0, 0.1) is 17.0 Å². The minimum absolute atomic E-state index is 0.0728. The van der Waals surface area contributed by atoms with Gasteiger partial charge in [-0.1, -0.05) is 6.07 Å². The summed E-state index contributed by atoms with van der Waals surface area (Å²) in [5.41, 5.74) is -0.187. The van der Waals surface area contributed by atoms with Gasteiger partial charge in [0.25, 0.3) is 5.69 Å². The minimum atomic E-state index is -3.92. The summed E-state index contributed by atoms with van der Waals surface area (Å²) in [7, 11) is -7.21. The predicted octanol–water partition coefficient (Wildman–Crippen LogP) is 0.606. The molecule has 0 unspecified atom stereocenters. The monoisotopic (exact) mass is 377 g/mol. The molecule has 0 saturated carbocycles. The summed E-state index contributed by atoms with van der Waals surface area (Å²) in [6.45, 7) is 1.86. The summed E-state index contributed by atoms with van der Waals surface area (Å²) in [6.07, 6.45) is 1.81. The molecule has 0 aromatic heterocycles. The van der Waals surface area contributed by atoms with Crippen molar-refractivity contribution in [3.05, 3.63) is 33.9 Å². The third kappa shape index (κ3) is 4.09. The van der Waals surface area contributed by atoms with E-state index in [2.05, 4.69) is 4.72 Å². The highest BCUT2D eigenvalue weighted by Gasteiger charge is 2.30. The van der Waals surface area contributed by atoms with Crippen molar-refractivity contribution in [2.75, 3.05) is 19.3 Å². The van der Waals surface area contributed by atoms with Crippen molar-refractivity contribution in [3.8, 4) is 0 Å². The fourth-order valence-electron chi connectivity index (χ4n) is 2.68. The second-order valence-corrected chi connectivity index (χ2v) is 9.38. The average Bonchev–Trinajstić information content (AvgIpc) is 2.46. The van der Waals surface area contributed by atoms with E-state index in [9.17, 15) is 26.9 Å². The zero-order valence-corrected chi connectivity index (χ0v) is 14.9. The van der Waals surface area contributed by atoms with E-state index < -0.39 is 31.0 Å². The van der Waals surface area contributed by atoms with Crippen molar-refractivity contribution in [2.45, 2.75) is 30.7 Å². The van der Waals surface area contributed by atoms with Gasteiger partial charge in [0.1, 0.15) is 0 Å². The van der Waals surface area contributed by atoms with Gasteiger partial charge in [0.2, 0.25) is 20.0 Å². The molecule has 11 heteroatoms. The summed E-state index contributed by atoms with van der Waals surface area (Å²) in [4.78, 5) is 10.2. The largest absolute Gasteiger partial charge is 0.273 e. The summed E-state index contributed by atoms with van der Waals surface area (Å²) in [5, 5.41) is 10.9. The third-order valence-electron chi connectivity index (χ3n) is 3.99. The van der Waals surface area contributed by atoms with E-state index in [0.717, 1.165) is 6.26 Å². The van der Waals surface area contributed by atoms with E-state index in [1.54, 1.807) is 0 Å². The van der Waals surface area contributed by atoms with Crippen LogP contribution >= 0.6 is 0 Å². The fraction of sp³-hybridized carbons (Fsp3) is 0.538. The molecule has 1 fully saturated rings. The van der Waals surface area contributed by atoms with Gasteiger partial charge in [-0.2, -0.15) is 0 Å². The van der Waals surface area contributed by atoms with Crippen molar-refractivity contribution >= 4 is 25.7 Å². The molecule has 1 aromatic carbocycles. The maximum Gasteiger partial charge on any atom is 0.273 e. The van der Waals surface area contributed by atoms with Crippen molar-refractivity contribution in [1.82, 2.24) is 9.03 Å². The van der Waals surface area contributed by atoms with Crippen molar-refractivity contribution in [3.63, 3.8) is 0 Å². The molecule has 1 saturated heterocycles. The smallest absolute Gasteiger partial charge is 0.258 e. The van der Waals surface area contributed by atoms with Gasteiger partial charge in [-0.3, -0.25) is 10.1 Å². The van der Waals surface area contributed by atoms with Crippen molar-refractivity contribution in [1.29, 1.82) is 0 Å². The number of rotatable bonds is 5. The summed E-state index contributed by atoms with van der Waals surface area (Å²) < 4.78 is 51.8. The predicted molar refractivity (Wildman–Crippen MR) is 87.6 cm³/mol. The number of sulfonamides is 2. The van der Waals surface area contributed by atoms with Crippen LogP contribution in [0.2, 0.25) is 0 Å². The van der Waals surface area contributed by atoms with E-state index in [1.807, 2.05) is 0 Å². The number of nitro groups is 1. The first-order valence-corrected chi connectivity index (χ1v) is 10.6. The molecular formula is C13H19N3O6S2. The molecule has 1 heterocycles. The second kappa shape index (κ2) is 6.75. The molecule has 1 aliphatic heterocycles. The number of hydrogen-bond acceptors (Lipinski definition) is 6. The molecule has 9 nitrogen and oxygen atoms in total. The van der Waals surface area contributed by atoms with Gasteiger partial charge in [0, 0.05) is 30.8 Å². The average molecular weight is 377 g/mol. The molecule has 0 bridgehead atoms. The fourth-order valence-corrected chi connectivity index (χ4v) is 5.12. The quantitative estimate of drug-likeness (QED) is 0.591. The zero-order chi connectivity index (χ0) is 18.1. The first kappa shape index (κ1) is 18.8. The highest BCUT2D eigenvalue weighted by atomic mass is 32.2. The Morgan fingerprint density at radius 1 is 1.21 bits per heavy atom. The molecule has 1 aliphatic rings. The molecule has 1 N–H and O–H groups in total. The summed E-state index contributed by atoms with van der Waals surface area (Å²) in [5.74, 6) is 0. The van der Waals surface area contributed by atoms with E-state index >= 15 is 0 Å². The van der Waals surface area contributed by atoms with Gasteiger partial charge >= 0.3 is 0 Å². The van der Waals surface area contributed by atoms with Gasteiger partial charge in [-0.25, -0.2) is 25.9 Å². The topological polar surface area (TPSA) is 127 Å². The van der Waals surface area contributed by atoms with Crippen molar-refractivity contribution < 1.29 is 21.8 Å². The number of hydrogen-bond donors (Lipinski definition) is 1. The Hall–Kier alpha value is -1.56. The maximum atomic E-state index is 12.5. The molecular weight excluding hydrogens is 358 g/mol. The van der Waals surface area contributed by atoms with E-state index in [1.165, 1.54) is 29.4 Å². The molecule has 2 rings (SSSR count). The Kier molecular flexibility index (Phi) is 5.28. The van der Waals surface area contributed by atoms with Crippen LogP contribution in [0.15, 0.2) is 23.1 Å². The van der Waals surface area contributed by atoms with Crippen LogP contribution in [-0.2, 0) is 20.0 Å². The number of nitrogens with one attached hydrogen (secondary N) is 1. The van der Waals surface area contributed by atoms with Gasteiger partial charge in [0.05, 0.1) is 16.1 Å². The van der Waals surface area contributed by atoms with Crippen LogP contribution in [0.5, 0.6) is 0 Å². The maximum absolute atomic E-state index is 12.5. The lowest BCUT2D eigenvalue weighted by molar-refractivity contribution is -0.385. The molecule has 0 radical (unpaired) electrons.